The largest absolute Gasteiger partial charge is 0.478 e. The molecule has 1 aliphatic heterocycles. The lowest BCUT2D eigenvalue weighted by Crippen LogP contribution is -2.46. The number of nitrogen functional groups attached to an aromatic ring is 1. The van der Waals surface area contributed by atoms with E-state index in [1.54, 1.807) is 12.1 Å². The zero-order valence-corrected chi connectivity index (χ0v) is 13.0. The third-order valence-electron chi connectivity index (χ3n) is 4.25. The summed E-state index contributed by atoms with van der Waals surface area (Å²) < 4.78 is 0. The van der Waals surface area contributed by atoms with Crippen LogP contribution in [-0.2, 0) is 6.54 Å². The number of anilines is 2. The van der Waals surface area contributed by atoms with Gasteiger partial charge < -0.3 is 15.7 Å². The fourth-order valence-corrected chi connectivity index (χ4v) is 2.93. The second-order valence-electron chi connectivity index (χ2n) is 5.83. The van der Waals surface area contributed by atoms with Crippen molar-refractivity contribution in [1.29, 1.82) is 0 Å². The number of hydrogen-bond acceptors (Lipinski definition) is 4. The van der Waals surface area contributed by atoms with Crippen LogP contribution >= 0.6 is 0 Å². The topological polar surface area (TPSA) is 69.8 Å². The molecule has 1 saturated heterocycles. The van der Waals surface area contributed by atoms with Gasteiger partial charge in [-0.05, 0) is 23.8 Å². The molecule has 3 rings (SSSR count). The molecule has 0 bridgehead atoms. The lowest BCUT2D eigenvalue weighted by molar-refractivity contribution is 0.0698. The van der Waals surface area contributed by atoms with Gasteiger partial charge in [-0.25, -0.2) is 4.79 Å². The minimum absolute atomic E-state index is 0.175. The number of carboxylic acids is 1. The average Bonchev–Trinajstić information content (AvgIpc) is 2.57. The normalized spacial score (nSPS) is 15.6. The van der Waals surface area contributed by atoms with Crippen molar-refractivity contribution in [2.24, 2.45) is 0 Å². The summed E-state index contributed by atoms with van der Waals surface area (Å²) >= 11 is 0. The number of carboxylic acid groups (broad SMARTS) is 1. The third kappa shape index (κ3) is 3.63. The van der Waals surface area contributed by atoms with Gasteiger partial charge in [0.15, 0.2) is 0 Å². The van der Waals surface area contributed by atoms with E-state index in [9.17, 15) is 9.90 Å². The van der Waals surface area contributed by atoms with Crippen molar-refractivity contribution in [1.82, 2.24) is 4.90 Å². The van der Waals surface area contributed by atoms with Gasteiger partial charge in [-0.15, -0.1) is 0 Å². The summed E-state index contributed by atoms with van der Waals surface area (Å²) in [5, 5.41) is 9.19. The Balaban J connectivity index is 1.63. The number of aromatic carboxylic acids is 1. The zero-order valence-electron chi connectivity index (χ0n) is 13.0. The molecule has 0 amide bonds. The smallest absolute Gasteiger partial charge is 0.337 e. The van der Waals surface area contributed by atoms with E-state index in [0.29, 0.717) is 5.69 Å². The number of hydrogen-bond donors (Lipinski definition) is 2. The molecular formula is C18H21N3O2. The summed E-state index contributed by atoms with van der Waals surface area (Å²) in [5.41, 5.74) is 8.45. The second kappa shape index (κ2) is 6.71. The molecule has 0 spiro atoms. The molecule has 120 valence electrons. The first-order valence-corrected chi connectivity index (χ1v) is 7.77. The molecular weight excluding hydrogens is 290 g/mol. The van der Waals surface area contributed by atoms with Crippen molar-refractivity contribution < 1.29 is 9.90 Å². The van der Waals surface area contributed by atoms with Crippen LogP contribution in [0.15, 0.2) is 48.5 Å². The van der Waals surface area contributed by atoms with Crippen LogP contribution in [0.3, 0.4) is 0 Å². The number of nitrogens with two attached hydrogens (primary N) is 1. The summed E-state index contributed by atoms with van der Waals surface area (Å²) in [4.78, 5) is 15.8. The van der Waals surface area contributed by atoms with Gasteiger partial charge in [0.25, 0.3) is 0 Å². The van der Waals surface area contributed by atoms with Crippen molar-refractivity contribution in [3.63, 3.8) is 0 Å². The number of piperazine rings is 1. The maximum atomic E-state index is 11.2. The Morgan fingerprint density at radius 2 is 1.74 bits per heavy atom. The first-order chi connectivity index (χ1) is 11.1. The number of carbonyl (C=O) groups is 1. The van der Waals surface area contributed by atoms with E-state index < -0.39 is 5.97 Å². The molecule has 2 aromatic rings. The Hall–Kier alpha value is -2.53. The van der Waals surface area contributed by atoms with Gasteiger partial charge in [-0.2, -0.15) is 0 Å². The van der Waals surface area contributed by atoms with E-state index >= 15 is 0 Å². The summed E-state index contributed by atoms with van der Waals surface area (Å²) in [6.45, 7) is 4.64. The van der Waals surface area contributed by atoms with Crippen molar-refractivity contribution in [3.05, 3.63) is 59.7 Å². The molecule has 0 aliphatic carbocycles. The van der Waals surface area contributed by atoms with Crippen LogP contribution in [-0.4, -0.2) is 42.2 Å². The van der Waals surface area contributed by atoms with E-state index in [-0.39, 0.29) is 5.56 Å². The van der Waals surface area contributed by atoms with Crippen LogP contribution in [0.4, 0.5) is 11.4 Å². The van der Waals surface area contributed by atoms with Crippen LogP contribution in [0.25, 0.3) is 0 Å². The van der Waals surface area contributed by atoms with Gasteiger partial charge in [0.05, 0.1) is 5.56 Å². The fourth-order valence-electron chi connectivity index (χ4n) is 2.93. The maximum absolute atomic E-state index is 11.2. The predicted molar refractivity (Wildman–Crippen MR) is 91.7 cm³/mol. The summed E-state index contributed by atoms with van der Waals surface area (Å²) in [6.07, 6.45) is 0. The standard InChI is InChI=1S/C18H21N3O2/c19-17-7-6-15(12-16(17)18(22)23)21-10-8-20(9-11-21)13-14-4-2-1-3-5-14/h1-7,12H,8-11,13,19H2,(H,22,23). The van der Waals surface area contributed by atoms with E-state index in [0.717, 1.165) is 38.4 Å². The van der Waals surface area contributed by atoms with Crippen LogP contribution in [0.2, 0.25) is 0 Å². The van der Waals surface area contributed by atoms with Gasteiger partial charge in [-0.3, -0.25) is 4.90 Å². The zero-order chi connectivity index (χ0) is 16.2. The van der Waals surface area contributed by atoms with Crippen LogP contribution < -0.4 is 10.6 Å². The molecule has 0 radical (unpaired) electrons. The molecule has 0 saturated carbocycles. The average molecular weight is 311 g/mol. The summed E-state index contributed by atoms with van der Waals surface area (Å²) in [7, 11) is 0. The molecule has 5 nitrogen and oxygen atoms in total. The van der Waals surface area contributed by atoms with Gasteiger partial charge in [0.1, 0.15) is 0 Å². The number of rotatable bonds is 4. The highest BCUT2D eigenvalue weighted by atomic mass is 16.4. The molecule has 1 fully saturated rings. The summed E-state index contributed by atoms with van der Waals surface area (Å²) in [5.74, 6) is -0.980. The van der Waals surface area contributed by atoms with Gasteiger partial charge in [0.2, 0.25) is 0 Å². The van der Waals surface area contributed by atoms with Crippen molar-refractivity contribution in [2.45, 2.75) is 6.54 Å². The minimum atomic E-state index is -0.980. The Morgan fingerprint density at radius 1 is 1.04 bits per heavy atom. The maximum Gasteiger partial charge on any atom is 0.337 e. The predicted octanol–water partition coefficient (Wildman–Crippen LogP) is 2.29. The van der Waals surface area contributed by atoms with Crippen LogP contribution in [0.5, 0.6) is 0 Å². The minimum Gasteiger partial charge on any atom is -0.478 e. The lowest BCUT2D eigenvalue weighted by atomic mass is 10.1. The Labute approximate surface area is 135 Å². The highest BCUT2D eigenvalue weighted by Gasteiger charge is 2.19. The number of nitrogens with zero attached hydrogens (tertiary/aromatic N) is 2. The highest BCUT2D eigenvalue weighted by Crippen LogP contribution is 2.23. The molecule has 3 N–H and O–H groups in total. The molecule has 0 aromatic heterocycles. The van der Waals surface area contributed by atoms with E-state index in [1.807, 2.05) is 12.1 Å². The van der Waals surface area contributed by atoms with Crippen molar-refractivity contribution in [2.75, 3.05) is 36.8 Å². The van der Waals surface area contributed by atoms with Crippen molar-refractivity contribution in [3.8, 4) is 0 Å². The Morgan fingerprint density at radius 3 is 2.39 bits per heavy atom. The highest BCUT2D eigenvalue weighted by molar-refractivity contribution is 5.94. The second-order valence-corrected chi connectivity index (χ2v) is 5.83. The first kappa shape index (κ1) is 15.4. The third-order valence-corrected chi connectivity index (χ3v) is 4.25. The van der Waals surface area contributed by atoms with Crippen molar-refractivity contribution >= 4 is 17.3 Å². The molecule has 0 unspecified atom stereocenters. The number of benzene rings is 2. The molecule has 23 heavy (non-hydrogen) atoms. The first-order valence-electron chi connectivity index (χ1n) is 7.77. The lowest BCUT2D eigenvalue weighted by Gasteiger charge is -2.36. The monoisotopic (exact) mass is 311 g/mol. The molecule has 5 heteroatoms. The summed E-state index contributed by atoms with van der Waals surface area (Å²) in [6, 6.07) is 15.7. The van der Waals surface area contributed by atoms with Gasteiger partial charge >= 0.3 is 5.97 Å². The van der Waals surface area contributed by atoms with Crippen LogP contribution in [0, 0.1) is 0 Å². The van der Waals surface area contributed by atoms with E-state index in [4.69, 9.17) is 5.73 Å². The van der Waals surface area contributed by atoms with E-state index in [2.05, 4.69) is 34.1 Å². The fraction of sp³-hybridized carbons (Fsp3) is 0.278. The molecule has 1 aliphatic rings. The quantitative estimate of drug-likeness (QED) is 0.848. The Kier molecular flexibility index (Phi) is 4.48. The van der Waals surface area contributed by atoms with Gasteiger partial charge in [0, 0.05) is 44.1 Å². The Bertz CT molecular complexity index is 680. The van der Waals surface area contributed by atoms with Gasteiger partial charge in [-0.1, -0.05) is 30.3 Å². The molecule has 2 aromatic carbocycles. The SMILES string of the molecule is Nc1ccc(N2CCN(Cc3ccccc3)CC2)cc1C(=O)O. The molecule has 0 atom stereocenters. The van der Waals surface area contributed by atoms with Crippen LogP contribution in [0.1, 0.15) is 15.9 Å². The molecule has 1 heterocycles. The van der Waals surface area contributed by atoms with E-state index in [1.165, 1.54) is 5.56 Å².